The fraction of sp³-hybridized carbons (Fsp3) is 0.143. The Bertz CT molecular complexity index is 966. The summed E-state index contributed by atoms with van der Waals surface area (Å²) in [5.41, 5.74) is 3.59. The average molecular weight is 357 g/mol. The molecule has 27 heavy (non-hydrogen) atoms. The third-order valence-electron chi connectivity index (χ3n) is 4.09. The summed E-state index contributed by atoms with van der Waals surface area (Å²) in [4.78, 5) is 22.5. The summed E-state index contributed by atoms with van der Waals surface area (Å²) in [5.74, 6) is -0.140. The number of rotatable bonds is 6. The molecule has 1 N–H and O–H groups in total. The number of benzene rings is 1. The van der Waals surface area contributed by atoms with Crippen molar-refractivity contribution in [3.05, 3.63) is 83.9 Å². The molecule has 0 aliphatic carbocycles. The summed E-state index contributed by atoms with van der Waals surface area (Å²) in [7, 11) is 1.77. The van der Waals surface area contributed by atoms with Crippen molar-refractivity contribution >= 4 is 17.3 Å². The largest absolute Gasteiger partial charge is 0.355 e. The van der Waals surface area contributed by atoms with Crippen molar-refractivity contribution < 1.29 is 4.79 Å². The maximum Gasteiger partial charge on any atom is 0.272 e. The lowest BCUT2D eigenvalue weighted by Crippen LogP contribution is -2.29. The number of likely N-dealkylation sites (N-methyl/N-ethyl adjacent to an activating group) is 1. The van der Waals surface area contributed by atoms with Crippen LogP contribution in [0.1, 0.15) is 21.6 Å². The zero-order valence-electron chi connectivity index (χ0n) is 15.0. The van der Waals surface area contributed by atoms with Gasteiger partial charge in [-0.25, -0.2) is 0 Å². The van der Waals surface area contributed by atoms with Crippen molar-refractivity contribution in [3.8, 4) is 6.07 Å². The molecule has 134 valence electrons. The second-order valence-electron chi connectivity index (χ2n) is 6.08. The molecular formula is C21H19N5O. The van der Waals surface area contributed by atoms with E-state index in [0.29, 0.717) is 17.8 Å². The van der Waals surface area contributed by atoms with Gasteiger partial charge >= 0.3 is 0 Å². The third-order valence-corrected chi connectivity index (χ3v) is 4.09. The first-order valence-electron chi connectivity index (χ1n) is 8.53. The van der Waals surface area contributed by atoms with Crippen molar-refractivity contribution in [1.82, 2.24) is 14.9 Å². The normalized spacial score (nSPS) is 10.1. The van der Waals surface area contributed by atoms with Crippen LogP contribution in [0.3, 0.4) is 0 Å². The van der Waals surface area contributed by atoms with Gasteiger partial charge in [0, 0.05) is 43.6 Å². The van der Waals surface area contributed by atoms with Crippen LogP contribution in [0.15, 0.2) is 67.1 Å². The Balaban J connectivity index is 1.66. The molecule has 0 saturated carbocycles. The lowest BCUT2D eigenvalue weighted by atomic mass is 10.2. The Hall–Kier alpha value is -3.72. The van der Waals surface area contributed by atoms with E-state index in [1.807, 2.05) is 18.2 Å². The van der Waals surface area contributed by atoms with Gasteiger partial charge in [0.1, 0.15) is 5.69 Å². The second kappa shape index (κ2) is 8.59. The molecule has 2 aromatic heterocycles. The SMILES string of the molecule is CN(CCc1ccncc1)C(=O)c1cc(Nc2cccc(C#N)c2)ccn1. The van der Waals surface area contributed by atoms with Crippen LogP contribution in [-0.2, 0) is 6.42 Å². The highest BCUT2D eigenvalue weighted by Gasteiger charge is 2.13. The van der Waals surface area contributed by atoms with E-state index in [1.165, 1.54) is 0 Å². The van der Waals surface area contributed by atoms with Crippen LogP contribution in [0.5, 0.6) is 0 Å². The molecule has 6 heteroatoms. The molecule has 2 heterocycles. The zero-order chi connectivity index (χ0) is 19.1. The Morgan fingerprint density at radius 2 is 1.89 bits per heavy atom. The number of hydrogen-bond donors (Lipinski definition) is 1. The highest BCUT2D eigenvalue weighted by molar-refractivity contribution is 5.93. The monoisotopic (exact) mass is 357 g/mol. The molecule has 3 aromatic rings. The van der Waals surface area contributed by atoms with E-state index in [9.17, 15) is 4.79 Å². The lowest BCUT2D eigenvalue weighted by Gasteiger charge is -2.17. The smallest absolute Gasteiger partial charge is 0.272 e. The van der Waals surface area contributed by atoms with Gasteiger partial charge in [0.25, 0.3) is 5.91 Å². The van der Waals surface area contributed by atoms with Crippen molar-refractivity contribution in [2.45, 2.75) is 6.42 Å². The first-order chi connectivity index (χ1) is 13.2. The Labute approximate surface area is 158 Å². The van der Waals surface area contributed by atoms with Crippen LogP contribution in [0.2, 0.25) is 0 Å². The maximum absolute atomic E-state index is 12.7. The summed E-state index contributed by atoms with van der Waals surface area (Å²) >= 11 is 0. The fourth-order valence-electron chi connectivity index (χ4n) is 2.60. The van der Waals surface area contributed by atoms with E-state index < -0.39 is 0 Å². The topological polar surface area (TPSA) is 81.9 Å². The number of carbonyl (C=O) groups is 1. The molecule has 1 amide bonds. The minimum atomic E-state index is -0.140. The predicted octanol–water partition coefficient (Wildman–Crippen LogP) is 3.41. The van der Waals surface area contributed by atoms with Crippen molar-refractivity contribution in [1.29, 1.82) is 5.26 Å². The summed E-state index contributed by atoms with van der Waals surface area (Å²) in [6.45, 7) is 0.590. The molecule has 0 unspecified atom stereocenters. The van der Waals surface area contributed by atoms with Gasteiger partial charge in [-0.2, -0.15) is 5.26 Å². The van der Waals surface area contributed by atoms with Gasteiger partial charge in [-0.05, 0) is 54.4 Å². The fourth-order valence-corrected chi connectivity index (χ4v) is 2.60. The lowest BCUT2D eigenvalue weighted by molar-refractivity contribution is 0.0791. The Morgan fingerprint density at radius 3 is 2.67 bits per heavy atom. The number of amides is 1. The maximum atomic E-state index is 12.7. The number of anilines is 2. The van der Waals surface area contributed by atoms with Gasteiger partial charge in [-0.15, -0.1) is 0 Å². The number of pyridine rings is 2. The van der Waals surface area contributed by atoms with Crippen LogP contribution in [0, 0.1) is 11.3 Å². The van der Waals surface area contributed by atoms with E-state index >= 15 is 0 Å². The van der Waals surface area contributed by atoms with Crippen molar-refractivity contribution in [3.63, 3.8) is 0 Å². The number of carbonyl (C=O) groups excluding carboxylic acids is 1. The number of nitrogens with zero attached hydrogens (tertiary/aromatic N) is 4. The van der Waals surface area contributed by atoms with Gasteiger partial charge in [-0.1, -0.05) is 6.07 Å². The first kappa shape index (κ1) is 18.1. The van der Waals surface area contributed by atoms with Gasteiger partial charge in [0.2, 0.25) is 0 Å². The molecule has 0 bridgehead atoms. The van der Waals surface area contributed by atoms with Crippen molar-refractivity contribution in [2.75, 3.05) is 18.9 Å². The molecule has 0 radical (unpaired) electrons. The first-order valence-corrected chi connectivity index (χ1v) is 8.53. The third kappa shape index (κ3) is 4.89. The predicted molar refractivity (Wildman–Crippen MR) is 104 cm³/mol. The minimum absolute atomic E-state index is 0.140. The van der Waals surface area contributed by atoms with E-state index in [1.54, 1.807) is 60.9 Å². The highest BCUT2D eigenvalue weighted by atomic mass is 16.2. The molecule has 3 rings (SSSR count). The molecule has 0 aliphatic heterocycles. The molecular weight excluding hydrogens is 338 g/mol. The molecule has 0 saturated heterocycles. The molecule has 0 atom stereocenters. The van der Waals surface area contributed by atoms with Gasteiger partial charge < -0.3 is 10.2 Å². The zero-order valence-corrected chi connectivity index (χ0v) is 15.0. The number of aromatic nitrogens is 2. The average Bonchev–Trinajstić information content (AvgIpc) is 2.72. The molecule has 0 fully saturated rings. The van der Waals surface area contributed by atoms with Crippen molar-refractivity contribution in [2.24, 2.45) is 0 Å². The Kier molecular flexibility index (Phi) is 5.75. The van der Waals surface area contributed by atoms with Crippen LogP contribution in [0.4, 0.5) is 11.4 Å². The van der Waals surface area contributed by atoms with Crippen LogP contribution in [0.25, 0.3) is 0 Å². The molecule has 0 spiro atoms. The minimum Gasteiger partial charge on any atom is -0.355 e. The van der Waals surface area contributed by atoms with E-state index in [0.717, 1.165) is 23.4 Å². The van der Waals surface area contributed by atoms with E-state index in [2.05, 4.69) is 21.4 Å². The van der Waals surface area contributed by atoms with Crippen LogP contribution < -0.4 is 5.32 Å². The van der Waals surface area contributed by atoms with Crippen LogP contribution >= 0.6 is 0 Å². The van der Waals surface area contributed by atoms with Gasteiger partial charge in [0.05, 0.1) is 11.6 Å². The number of nitriles is 1. The van der Waals surface area contributed by atoms with E-state index in [4.69, 9.17) is 5.26 Å². The summed E-state index contributed by atoms with van der Waals surface area (Å²) in [5, 5.41) is 12.2. The second-order valence-corrected chi connectivity index (χ2v) is 6.08. The van der Waals surface area contributed by atoms with E-state index in [-0.39, 0.29) is 5.91 Å². The highest BCUT2D eigenvalue weighted by Crippen LogP contribution is 2.18. The van der Waals surface area contributed by atoms with Crippen LogP contribution in [-0.4, -0.2) is 34.4 Å². The molecule has 6 nitrogen and oxygen atoms in total. The molecule has 1 aromatic carbocycles. The summed E-state index contributed by atoms with van der Waals surface area (Å²) in [6, 6.07) is 16.7. The summed E-state index contributed by atoms with van der Waals surface area (Å²) in [6.07, 6.45) is 5.84. The van der Waals surface area contributed by atoms with Gasteiger partial charge in [0.15, 0.2) is 0 Å². The number of hydrogen-bond acceptors (Lipinski definition) is 5. The Morgan fingerprint density at radius 1 is 1.11 bits per heavy atom. The quantitative estimate of drug-likeness (QED) is 0.731. The standard InChI is InChI=1S/C21H19N5O/c1-26(12-8-16-5-9-23-10-6-16)21(27)20-14-19(7-11-24-20)25-18-4-2-3-17(13-18)15-22/h2-7,9-11,13-14H,8,12H2,1H3,(H,24,25). The summed E-state index contributed by atoms with van der Waals surface area (Å²) < 4.78 is 0. The molecule has 0 aliphatic rings. The van der Waals surface area contributed by atoms with Gasteiger partial charge in [-0.3, -0.25) is 14.8 Å². The number of nitrogens with one attached hydrogen (secondary N) is 1.